The molecule has 7 heteroatoms. The molecule has 0 saturated carbocycles. The normalized spacial score (nSPS) is 16.3. The van der Waals surface area contributed by atoms with Gasteiger partial charge in [0.05, 0.1) is 20.8 Å². The molecule has 6 nitrogen and oxygen atoms in total. The summed E-state index contributed by atoms with van der Waals surface area (Å²) in [6.07, 6.45) is 3.76. The van der Waals surface area contributed by atoms with Gasteiger partial charge in [-0.25, -0.2) is 0 Å². The minimum Gasteiger partial charge on any atom is -0.493 e. The van der Waals surface area contributed by atoms with Crippen LogP contribution >= 0.6 is 12.2 Å². The number of methoxy groups -OCH3 is 2. The topological polar surface area (TPSA) is 65.1 Å². The molecular weight excluding hydrogens is 402 g/mol. The van der Waals surface area contributed by atoms with E-state index in [-0.39, 0.29) is 11.8 Å². The number of nitrogens with zero attached hydrogens (tertiary/aromatic N) is 1. The van der Waals surface area contributed by atoms with Crippen LogP contribution in [0.1, 0.15) is 52.0 Å². The van der Waals surface area contributed by atoms with E-state index in [0.29, 0.717) is 36.1 Å². The SMILES string of the molecule is CCC(C)(C)C(=O)C(=O)N1CCC[C@H]1C(=S)OCCCc1ccc(OC)c(OC)c1. The molecule has 0 aromatic heterocycles. The van der Waals surface area contributed by atoms with Crippen LogP contribution in [-0.2, 0) is 20.7 Å². The van der Waals surface area contributed by atoms with Crippen LogP contribution < -0.4 is 9.47 Å². The summed E-state index contributed by atoms with van der Waals surface area (Å²) in [6.45, 7) is 6.53. The van der Waals surface area contributed by atoms with E-state index in [1.807, 2.05) is 25.1 Å². The summed E-state index contributed by atoms with van der Waals surface area (Å²) in [5, 5.41) is 0.398. The Morgan fingerprint density at radius 3 is 2.53 bits per heavy atom. The summed E-state index contributed by atoms with van der Waals surface area (Å²) in [5.41, 5.74) is 0.457. The zero-order valence-electron chi connectivity index (χ0n) is 18.7. The van der Waals surface area contributed by atoms with Crippen LogP contribution in [0.2, 0.25) is 0 Å². The number of hydrogen-bond donors (Lipinski definition) is 0. The minimum atomic E-state index is -0.661. The molecule has 0 aliphatic carbocycles. The molecule has 30 heavy (non-hydrogen) atoms. The van der Waals surface area contributed by atoms with E-state index in [1.54, 1.807) is 33.0 Å². The summed E-state index contributed by atoms with van der Waals surface area (Å²) < 4.78 is 16.4. The highest BCUT2D eigenvalue weighted by atomic mass is 32.1. The summed E-state index contributed by atoms with van der Waals surface area (Å²) in [6, 6.07) is 5.54. The molecule has 1 amide bonds. The third-order valence-electron chi connectivity index (χ3n) is 5.78. The predicted octanol–water partition coefficient (Wildman–Crippen LogP) is 3.98. The Bertz CT molecular complexity index is 777. The fourth-order valence-corrected chi connectivity index (χ4v) is 3.75. The number of rotatable bonds is 10. The monoisotopic (exact) mass is 435 g/mol. The van der Waals surface area contributed by atoms with Gasteiger partial charge in [-0.1, -0.05) is 26.8 Å². The number of Topliss-reactive ketones (excluding diaryl/α,β-unsaturated/α-hetero) is 1. The van der Waals surface area contributed by atoms with E-state index in [2.05, 4.69) is 0 Å². The Hall–Kier alpha value is -2.15. The standard InChI is InChI=1S/C23H33NO5S/c1-6-23(2,3)20(25)21(26)24-13-7-10-17(24)22(30)29-14-8-9-16-11-12-18(27-4)19(15-16)28-5/h11-12,15,17H,6-10,13-14H2,1-5H3/t17-/m0/s1. The summed E-state index contributed by atoms with van der Waals surface area (Å²) in [7, 11) is 3.23. The Labute approximate surface area is 184 Å². The van der Waals surface area contributed by atoms with Gasteiger partial charge in [0.2, 0.25) is 5.78 Å². The number of carbonyl (C=O) groups is 2. The van der Waals surface area contributed by atoms with Gasteiger partial charge in [-0.05, 0) is 62.0 Å². The smallest absolute Gasteiger partial charge is 0.291 e. The zero-order valence-corrected chi connectivity index (χ0v) is 19.5. The van der Waals surface area contributed by atoms with Crippen molar-refractivity contribution in [2.75, 3.05) is 27.4 Å². The van der Waals surface area contributed by atoms with Crippen molar-refractivity contribution in [1.29, 1.82) is 0 Å². The van der Waals surface area contributed by atoms with Gasteiger partial charge in [-0.2, -0.15) is 0 Å². The lowest BCUT2D eigenvalue weighted by molar-refractivity contribution is -0.149. The Morgan fingerprint density at radius 1 is 1.20 bits per heavy atom. The second-order valence-corrected chi connectivity index (χ2v) is 8.59. The molecule has 0 radical (unpaired) electrons. The fraction of sp³-hybridized carbons (Fsp3) is 0.609. The Kier molecular flexibility index (Phi) is 8.65. The van der Waals surface area contributed by atoms with Crippen molar-refractivity contribution in [3.8, 4) is 11.5 Å². The van der Waals surface area contributed by atoms with E-state index in [1.165, 1.54) is 0 Å². The first-order valence-electron chi connectivity index (χ1n) is 10.5. The maximum Gasteiger partial charge on any atom is 0.291 e. The van der Waals surface area contributed by atoms with E-state index >= 15 is 0 Å². The number of likely N-dealkylation sites (tertiary alicyclic amines) is 1. The first-order chi connectivity index (χ1) is 14.2. The van der Waals surface area contributed by atoms with Gasteiger partial charge >= 0.3 is 0 Å². The lowest BCUT2D eigenvalue weighted by atomic mass is 9.84. The van der Waals surface area contributed by atoms with Crippen LogP contribution in [0.5, 0.6) is 11.5 Å². The Morgan fingerprint density at radius 2 is 1.90 bits per heavy atom. The highest BCUT2D eigenvalue weighted by Gasteiger charge is 2.40. The number of ketones is 1. The van der Waals surface area contributed by atoms with Crippen molar-refractivity contribution < 1.29 is 23.8 Å². The van der Waals surface area contributed by atoms with Gasteiger partial charge in [0.1, 0.15) is 6.04 Å². The summed E-state index contributed by atoms with van der Waals surface area (Å²) in [4.78, 5) is 26.9. The first-order valence-corrected chi connectivity index (χ1v) is 10.9. The van der Waals surface area contributed by atoms with E-state index in [0.717, 1.165) is 31.2 Å². The summed E-state index contributed by atoms with van der Waals surface area (Å²) in [5.74, 6) is 0.602. The molecule has 0 bridgehead atoms. The number of aryl methyl sites for hydroxylation is 1. The van der Waals surface area contributed by atoms with Gasteiger partial charge in [-0.3, -0.25) is 9.59 Å². The fourth-order valence-electron chi connectivity index (χ4n) is 3.42. The molecule has 166 valence electrons. The van der Waals surface area contributed by atoms with Crippen molar-refractivity contribution in [3.63, 3.8) is 0 Å². The molecule has 1 fully saturated rings. The van der Waals surface area contributed by atoms with Gasteiger partial charge in [0.25, 0.3) is 5.91 Å². The minimum absolute atomic E-state index is 0.301. The molecule has 0 spiro atoms. The highest BCUT2D eigenvalue weighted by molar-refractivity contribution is 7.80. The van der Waals surface area contributed by atoms with Crippen LogP contribution in [-0.4, -0.2) is 55.1 Å². The third-order valence-corrected chi connectivity index (χ3v) is 6.17. The van der Waals surface area contributed by atoms with Crippen molar-refractivity contribution in [2.45, 2.75) is 58.9 Å². The number of thiocarbonyl (C=S) groups is 1. The molecule has 1 aromatic carbocycles. The average molecular weight is 436 g/mol. The molecular formula is C23H33NO5S. The molecule has 1 aliphatic rings. The maximum absolute atomic E-state index is 12.7. The van der Waals surface area contributed by atoms with Crippen molar-refractivity contribution in [3.05, 3.63) is 23.8 Å². The van der Waals surface area contributed by atoms with Crippen LogP contribution in [0.4, 0.5) is 0 Å². The quantitative estimate of drug-likeness (QED) is 0.315. The zero-order chi connectivity index (χ0) is 22.3. The number of carbonyl (C=O) groups excluding carboxylic acids is 2. The lowest BCUT2D eigenvalue weighted by Gasteiger charge is -2.28. The van der Waals surface area contributed by atoms with Gasteiger partial charge in [-0.15, -0.1) is 0 Å². The summed E-state index contributed by atoms with van der Waals surface area (Å²) >= 11 is 5.46. The largest absolute Gasteiger partial charge is 0.493 e. The molecule has 1 heterocycles. The van der Waals surface area contributed by atoms with Crippen LogP contribution in [0, 0.1) is 5.41 Å². The molecule has 0 unspecified atom stereocenters. The number of benzene rings is 1. The van der Waals surface area contributed by atoms with Gasteiger partial charge in [0, 0.05) is 12.0 Å². The van der Waals surface area contributed by atoms with Crippen molar-refractivity contribution in [1.82, 2.24) is 4.90 Å². The average Bonchev–Trinajstić information content (AvgIpc) is 3.25. The molecule has 1 aliphatic heterocycles. The molecule has 1 atom stereocenters. The molecule has 1 saturated heterocycles. The van der Waals surface area contributed by atoms with Crippen LogP contribution in [0.3, 0.4) is 0 Å². The highest BCUT2D eigenvalue weighted by Crippen LogP contribution is 2.28. The van der Waals surface area contributed by atoms with E-state index < -0.39 is 11.3 Å². The Balaban J connectivity index is 1.87. The third kappa shape index (κ3) is 5.72. The molecule has 1 aromatic rings. The number of hydrogen-bond acceptors (Lipinski definition) is 6. The van der Waals surface area contributed by atoms with E-state index in [4.69, 9.17) is 26.4 Å². The lowest BCUT2D eigenvalue weighted by Crippen LogP contribution is -2.47. The van der Waals surface area contributed by atoms with Crippen molar-refractivity contribution >= 4 is 29.0 Å². The number of amides is 1. The maximum atomic E-state index is 12.7. The second kappa shape index (κ2) is 10.8. The number of ether oxygens (including phenoxy) is 3. The van der Waals surface area contributed by atoms with Crippen LogP contribution in [0.25, 0.3) is 0 Å². The van der Waals surface area contributed by atoms with E-state index in [9.17, 15) is 9.59 Å². The molecule has 0 N–H and O–H groups in total. The second-order valence-electron chi connectivity index (χ2n) is 8.18. The first kappa shape index (κ1) is 24.1. The van der Waals surface area contributed by atoms with Gasteiger partial charge in [0.15, 0.2) is 16.5 Å². The predicted molar refractivity (Wildman–Crippen MR) is 120 cm³/mol. The van der Waals surface area contributed by atoms with Gasteiger partial charge < -0.3 is 19.1 Å². The van der Waals surface area contributed by atoms with Crippen LogP contribution in [0.15, 0.2) is 18.2 Å². The van der Waals surface area contributed by atoms with Crippen molar-refractivity contribution in [2.24, 2.45) is 5.41 Å². The molecule has 2 rings (SSSR count).